The fourth-order valence-electron chi connectivity index (χ4n) is 4.45. The second-order valence-electron chi connectivity index (χ2n) is 8.03. The van der Waals surface area contributed by atoms with Crippen molar-refractivity contribution in [2.75, 3.05) is 19.6 Å². The van der Waals surface area contributed by atoms with Crippen LogP contribution in [0.5, 0.6) is 0 Å². The lowest BCUT2D eigenvalue weighted by atomic mass is 9.86. The highest BCUT2D eigenvalue weighted by Gasteiger charge is 2.27. The lowest BCUT2D eigenvalue weighted by Gasteiger charge is -2.33. The van der Waals surface area contributed by atoms with Crippen LogP contribution in [0.4, 0.5) is 0 Å². The van der Waals surface area contributed by atoms with Crippen molar-refractivity contribution in [3.63, 3.8) is 0 Å². The average Bonchev–Trinajstić information content (AvgIpc) is 3.08. The van der Waals surface area contributed by atoms with Gasteiger partial charge in [-0.05, 0) is 50.3 Å². The number of para-hydroxylation sites is 1. The number of benzene rings is 1. The number of nitrogens with one attached hydrogen (secondary N) is 1. The zero-order valence-electron chi connectivity index (χ0n) is 15.6. The van der Waals surface area contributed by atoms with E-state index in [0.717, 1.165) is 31.4 Å². The summed E-state index contributed by atoms with van der Waals surface area (Å²) in [5.74, 6) is 1.28. The van der Waals surface area contributed by atoms with E-state index in [1.807, 2.05) is 11.3 Å². The molecule has 2 aromatic rings. The number of nitrogens with zero attached hydrogens (tertiary/aromatic N) is 2. The van der Waals surface area contributed by atoms with Crippen LogP contribution < -0.4 is 5.32 Å². The van der Waals surface area contributed by atoms with Crippen LogP contribution in [-0.4, -0.2) is 41.5 Å². The summed E-state index contributed by atoms with van der Waals surface area (Å²) in [6.07, 6.45) is 7.27. The number of fused-ring (bicyclic) bond motifs is 1. The maximum atomic E-state index is 12.5. The van der Waals surface area contributed by atoms with Crippen LogP contribution in [-0.2, 0) is 4.79 Å². The largest absolute Gasteiger partial charge is 0.352 e. The molecular formula is C21H29N3OS. The molecule has 4 nitrogen and oxygen atoms in total. The molecule has 140 valence electrons. The molecule has 1 aliphatic heterocycles. The molecule has 5 heteroatoms. The molecule has 1 saturated carbocycles. The van der Waals surface area contributed by atoms with E-state index >= 15 is 0 Å². The average molecular weight is 372 g/mol. The first kappa shape index (κ1) is 17.9. The fraction of sp³-hybridized carbons (Fsp3) is 0.619. The molecule has 0 unspecified atom stereocenters. The van der Waals surface area contributed by atoms with E-state index in [0.29, 0.717) is 24.4 Å². The minimum atomic E-state index is 0.202. The molecule has 3 atom stereocenters. The van der Waals surface area contributed by atoms with Gasteiger partial charge in [-0.25, -0.2) is 4.98 Å². The number of amides is 1. The molecule has 1 aromatic heterocycles. The number of thiazole rings is 1. The zero-order chi connectivity index (χ0) is 17.9. The van der Waals surface area contributed by atoms with Crippen LogP contribution in [0.1, 0.15) is 56.4 Å². The topological polar surface area (TPSA) is 45.2 Å². The molecule has 1 aromatic carbocycles. The molecule has 2 aliphatic rings. The minimum absolute atomic E-state index is 0.202. The monoisotopic (exact) mass is 371 g/mol. The predicted octanol–water partition coefficient (Wildman–Crippen LogP) is 4.17. The molecule has 2 fully saturated rings. The van der Waals surface area contributed by atoms with E-state index < -0.39 is 0 Å². The summed E-state index contributed by atoms with van der Waals surface area (Å²) in [7, 11) is 0. The molecule has 1 saturated heterocycles. The van der Waals surface area contributed by atoms with Crippen molar-refractivity contribution in [3.8, 4) is 0 Å². The Bertz CT molecular complexity index is 726. The molecule has 1 N–H and O–H groups in total. The van der Waals surface area contributed by atoms with Gasteiger partial charge in [0.05, 0.1) is 21.8 Å². The molecule has 2 heterocycles. The van der Waals surface area contributed by atoms with Gasteiger partial charge in [-0.2, -0.15) is 0 Å². The third kappa shape index (κ3) is 4.09. The number of hydrogen-bond acceptors (Lipinski definition) is 4. The Kier molecular flexibility index (Phi) is 5.55. The van der Waals surface area contributed by atoms with Crippen LogP contribution in [0.25, 0.3) is 10.2 Å². The van der Waals surface area contributed by atoms with Gasteiger partial charge in [0.15, 0.2) is 0 Å². The summed E-state index contributed by atoms with van der Waals surface area (Å²) < 4.78 is 1.27. The van der Waals surface area contributed by atoms with Gasteiger partial charge in [0.2, 0.25) is 5.91 Å². The van der Waals surface area contributed by atoms with E-state index in [1.54, 1.807) is 0 Å². The van der Waals surface area contributed by atoms with Crippen molar-refractivity contribution >= 4 is 27.5 Å². The highest BCUT2D eigenvalue weighted by molar-refractivity contribution is 7.18. The molecule has 1 aliphatic carbocycles. The van der Waals surface area contributed by atoms with Crippen molar-refractivity contribution in [1.82, 2.24) is 15.2 Å². The smallest absolute Gasteiger partial charge is 0.234 e. The lowest BCUT2D eigenvalue weighted by molar-refractivity contribution is -0.123. The van der Waals surface area contributed by atoms with E-state index in [1.165, 1.54) is 35.4 Å². The number of likely N-dealkylation sites (tertiary alicyclic amines) is 1. The molecule has 0 spiro atoms. The van der Waals surface area contributed by atoms with Crippen molar-refractivity contribution in [2.45, 2.75) is 57.4 Å². The fourth-order valence-corrected chi connectivity index (χ4v) is 5.54. The van der Waals surface area contributed by atoms with Crippen molar-refractivity contribution in [3.05, 3.63) is 29.3 Å². The number of carbonyl (C=O) groups is 1. The SMILES string of the molecule is C[C@@H]1CCCC[C@@H]1NC(=O)CN1CCC[C@H](c2nc3ccccc3s2)C1. The number of rotatable bonds is 4. The van der Waals surface area contributed by atoms with Gasteiger partial charge in [-0.15, -0.1) is 11.3 Å². The minimum Gasteiger partial charge on any atom is -0.352 e. The summed E-state index contributed by atoms with van der Waals surface area (Å²) >= 11 is 1.82. The summed E-state index contributed by atoms with van der Waals surface area (Å²) in [4.78, 5) is 19.7. The number of aromatic nitrogens is 1. The summed E-state index contributed by atoms with van der Waals surface area (Å²) in [5.41, 5.74) is 1.11. The predicted molar refractivity (Wildman–Crippen MR) is 108 cm³/mol. The summed E-state index contributed by atoms with van der Waals surface area (Å²) in [6.45, 7) is 4.78. The molecule has 0 radical (unpaired) electrons. The highest BCUT2D eigenvalue weighted by atomic mass is 32.1. The Morgan fingerprint density at radius 1 is 1.23 bits per heavy atom. The second kappa shape index (κ2) is 8.05. The van der Waals surface area contributed by atoms with E-state index in [-0.39, 0.29) is 5.91 Å². The van der Waals surface area contributed by atoms with Gasteiger partial charge < -0.3 is 5.32 Å². The lowest BCUT2D eigenvalue weighted by Crippen LogP contribution is -2.47. The normalized spacial score (nSPS) is 27.5. The van der Waals surface area contributed by atoms with Crippen LogP contribution in [0.3, 0.4) is 0 Å². The Labute approximate surface area is 160 Å². The van der Waals surface area contributed by atoms with Crippen molar-refractivity contribution in [2.24, 2.45) is 5.92 Å². The first-order chi connectivity index (χ1) is 12.7. The van der Waals surface area contributed by atoms with Gasteiger partial charge in [-0.3, -0.25) is 9.69 Å². The van der Waals surface area contributed by atoms with Crippen molar-refractivity contribution < 1.29 is 4.79 Å². The summed E-state index contributed by atoms with van der Waals surface area (Å²) in [5, 5.41) is 4.53. The third-order valence-corrected chi connectivity index (χ3v) is 7.19. The zero-order valence-corrected chi connectivity index (χ0v) is 16.4. The molecule has 26 heavy (non-hydrogen) atoms. The van der Waals surface area contributed by atoms with Gasteiger partial charge in [0, 0.05) is 18.5 Å². The van der Waals surface area contributed by atoms with E-state index in [4.69, 9.17) is 4.98 Å². The van der Waals surface area contributed by atoms with Crippen LogP contribution in [0.2, 0.25) is 0 Å². The Balaban J connectivity index is 1.35. The number of hydrogen-bond donors (Lipinski definition) is 1. The Morgan fingerprint density at radius 3 is 2.92 bits per heavy atom. The standard InChI is InChI=1S/C21H29N3OS/c1-15-7-2-3-9-17(15)22-20(25)14-24-12-6-8-16(13-24)21-23-18-10-4-5-11-19(18)26-21/h4-5,10-11,15-17H,2-3,6-9,12-14H2,1H3,(H,22,25)/t15-,16+,17+/m1/s1. The third-order valence-electron chi connectivity index (χ3n) is 5.99. The van der Waals surface area contributed by atoms with Gasteiger partial charge in [0.25, 0.3) is 0 Å². The Morgan fingerprint density at radius 2 is 2.08 bits per heavy atom. The van der Waals surface area contributed by atoms with Gasteiger partial charge >= 0.3 is 0 Å². The molecule has 4 rings (SSSR count). The first-order valence-corrected chi connectivity index (χ1v) is 10.9. The van der Waals surface area contributed by atoms with Crippen LogP contribution in [0.15, 0.2) is 24.3 Å². The molecular weight excluding hydrogens is 342 g/mol. The van der Waals surface area contributed by atoms with E-state index in [9.17, 15) is 4.79 Å². The van der Waals surface area contributed by atoms with E-state index in [2.05, 4.69) is 41.4 Å². The number of piperidine rings is 1. The number of carbonyl (C=O) groups excluding carboxylic acids is 1. The molecule has 0 bridgehead atoms. The van der Waals surface area contributed by atoms with Crippen molar-refractivity contribution in [1.29, 1.82) is 0 Å². The second-order valence-corrected chi connectivity index (χ2v) is 9.09. The first-order valence-electron chi connectivity index (χ1n) is 10.1. The Hall–Kier alpha value is -1.46. The van der Waals surface area contributed by atoms with Gasteiger partial charge in [-0.1, -0.05) is 31.9 Å². The maximum Gasteiger partial charge on any atom is 0.234 e. The highest BCUT2D eigenvalue weighted by Crippen LogP contribution is 2.32. The quantitative estimate of drug-likeness (QED) is 0.877. The van der Waals surface area contributed by atoms with Crippen LogP contribution >= 0.6 is 11.3 Å². The summed E-state index contributed by atoms with van der Waals surface area (Å²) in [6, 6.07) is 8.75. The molecule has 1 amide bonds. The van der Waals surface area contributed by atoms with Crippen LogP contribution in [0, 0.1) is 5.92 Å². The van der Waals surface area contributed by atoms with Gasteiger partial charge in [0.1, 0.15) is 0 Å². The maximum absolute atomic E-state index is 12.5.